The molecular weight excluding hydrogens is 334 g/mol. The Bertz CT molecular complexity index is 772. The van der Waals surface area contributed by atoms with Gasteiger partial charge in [0.25, 0.3) is 5.91 Å². The molecule has 1 aliphatic carbocycles. The topological polar surface area (TPSA) is 38.3 Å². The molecule has 2 aromatic rings. The molecule has 0 bridgehead atoms. The minimum Gasteiger partial charge on any atom is -0.481 e. The van der Waals surface area contributed by atoms with Crippen LogP contribution in [0.4, 0.5) is 5.69 Å². The summed E-state index contributed by atoms with van der Waals surface area (Å²) in [6, 6.07) is 11.7. The summed E-state index contributed by atoms with van der Waals surface area (Å²) in [5.41, 5.74) is 4.43. The summed E-state index contributed by atoms with van der Waals surface area (Å²) in [6.07, 6.45) is 4.79. The van der Waals surface area contributed by atoms with Gasteiger partial charge < -0.3 is 10.1 Å². The van der Waals surface area contributed by atoms with E-state index in [-0.39, 0.29) is 5.91 Å². The number of halogens is 1. The van der Waals surface area contributed by atoms with Crippen LogP contribution in [0.3, 0.4) is 0 Å². The van der Waals surface area contributed by atoms with E-state index in [4.69, 9.17) is 16.3 Å². The van der Waals surface area contributed by atoms with Crippen molar-refractivity contribution in [2.24, 2.45) is 0 Å². The van der Waals surface area contributed by atoms with Crippen LogP contribution < -0.4 is 10.1 Å². The van der Waals surface area contributed by atoms with E-state index >= 15 is 0 Å². The monoisotopic (exact) mass is 357 g/mol. The maximum atomic E-state index is 12.6. The summed E-state index contributed by atoms with van der Waals surface area (Å²) >= 11 is 6.13. The van der Waals surface area contributed by atoms with Gasteiger partial charge in [-0.25, -0.2) is 0 Å². The maximum Gasteiger partial charge on any atom is 0.265 e. The number of fused-ring (bicyclic) bond motifs is 1. The second-order valence-electron chi connectivity index (χ2n) is 6.61. The second kappa shape index (κ2) is 7.92. The number of ether oxygens (including phenoxy) is 1. The Balaban J connectivity index is 1.69. The first kappa shape index (κ1) is 17.8. The van der Waals surface area contributed by atoms with Crippen LogP contribution in [0.2, 0.25) is 5.02 Å². The van der Waals surface area contributed by atoms with Crippen molar-refractivity contribution in [2.45, 2.75) is 52.1 Å². The molecule has 0 radical (unpaired) electrons. The largest absolute Gasteiger partial charge is 0.481 e. The van der Waals surface area contributed by atoms with Gasteiger partial charge in [-0.15, -0.1) is 0 Å². The molecule has 3 rings (SSSR count). The van der Waals surface area contributed by atoms with Crippen molar-refractivity contribution >= 4 is 23.2 Å². The van der Waals surface area contributed by atoms with Gasteiger partial charge in [-0.2, -0.15) is 0 Å². The predicted octanol–water partition coefficient (Wildman–Crippen LogP) is 5.32. The van der Waals surface area contributed by atoms with Crippen LogP contribution in [0.5, 0.6) is 5.75 Å². The number of aryl methyl sites for hydroxylation is 3. The number of hydrogen-bond donors (Lipinski definition) is 1. The Kier molecular flexibility index (Phi) is 5.64. The quantitative estimate of drug-likeness (QED) is 0.786. The fourth-order valence-electron chi connectivity index (χ4n) is 3.16. The number of rotatable bonds is 5. The molecule has 0 spiro atoms. The highest BCUT2D eigenvalue weighted by Crippen LogP contribution is 2.26. The van der Waals surface area contributed by atoms with E-state index < -0.39 is 6.10 Å². The van der Waals surface area contributed by atoms with E-state index in [1.54, 1.807) is 6.07 Å². The summed E-state index contributed by atoms with van der Waals surface area (Å²) in [4.78, 5) is 12.6. The fourth-order valence-corrected chi connectivity index (χ4v) is 3.34. The Morgan fingerprint density at radius 2 is 1.92 bits per heavy atom. The number of carbonyl (C=O) groups excluding carboxylic acids is 1. The molecule has 1 atom stereocenters. The van der Waals surface area contributed by atoms with Crippen molar-refractivity contribution < 1.29 is 9.53 Å². The Labute approximate surface area is 154 Å². The van der Waals surface area contributed by atoms with E-state index in [0.29, 0.717) is 17.1 Å². The third-order valence-electron chi connectivity index (χ3n) is 4.70. The first-order valence-corrected chi connectivity index (χ1v) is 9.30. The lowest BCUT2D eigenvalue weighted by Gasteiger charge is -2.20. The molecular formula is C21H24ClNO2. The van der Waals surface area contributed by atoms with Gasteiger partial charge in [-0.1, -0.05) is 30.7 Å². The Morgan fingerprint density at radius 1 is 1.16 bits per heavy atom. The number of anilines is 1. The van der Waals surface area contributed by atoms with Crippen molar-refractivity contribution in [1.82, 2.24) is 0 Å². The van der Waals surface area contributed by atoms with Crippen molar-refractivity contribution in [3.05, 3.63) is 58.1 Å². The van der Waals surface area contributed by atoms with E-state index in [1.807, 2.05) is 32.0 Å². The van der Waals surface area contributed by atoms with Gasteiger partial charge in [0.05, 0.1) is 0 Å². The van der Waals surface area contributed by atoms with Gasteiger partial charge in [-0.3, -0.25) is 4.79 Å². The zero-order chi connectivity index (χ0) is 17.8. The fraction of sp³-hybridized carbons (Fsp3) is 0.381. The molecule has 0 unspecified atom stereocenters. The van der Waals surface area contributed by atoms with Crippen molar-refractivity contribution in [1.29, 1.82) is 0 Å². The molecule has 1 aliphatic rings. The average molecular weight is 358 g/mol. The van der Waals surface area contributed by atoms with Crippen LogP contribution in [0.15, 0.2) is 36.4 Å². The predicted molar refractivity (Wildman–Crippen MR) is 103 cm³/mol. The molecule has 2 aromatic carbocycles. The minimum absolute atomic E-state index is 0.153. The van der Waals surface area contributed by atoms with E-state index in [2.05, 4.69) is 17.4 Å². The maximum absolute atomic E-state index is 12.6. The van der Waals surface area contributed by atoms with E-state index in [1.165, 1.54) is 24.0 Å². The minimum atomic E-state index is -0.526. The van der Waals surface area contributed by atoms with Crippen LogP contribution in [0, 0.1) is 6.92 Å². The van der Waals surface area contributed by atoms with Gasteiger partial charge in [0.2, 0.25) is 0 Å². The Hall–Kier alpha value is -2.00. The van der Waals surface area contributed by atoms with Crippen LogP contribution in [-0.2, 0) is 17.6 Å². The van der Waals surface area contributed by atoms with Gasteiger partial charge in [-0.05, 0) is 80.0 Å². The van der Waals surface area contributed by atoms with Crippen molar-refractivity contribution in [2.75, 3.05) is 5.32 Å². The third kappa shape index (κ3) is 4.35. The molecule has 0 saturated heterocycles. The molecule has 132 valence electrons. The van der Waals surface area contributed by atoms with E-state index in [0.717, 1.165) is 24.2 Å². The summed E-state index contributed by atoms with van der Waals surface area (Å²) in [5.74, 6) is 0.615. The highest BCUT2D eigenvalue weighted by Gasteiger charge is 2.20. The molecule has 0 aromatic heterocycles. The molecule has 1 amide bonds. The van der Waals surface area contributed by atoms with Gasteiger partial charge in [0.15, 0.2) is 6.10 Å². The lowest BCUT2D eigenvalue weighted by atomic mass is 9.92. The number of hydrogen-bond acceptors (Lipinski definition) is 2. The smallest absolute Gasteiger partial charge is 0.265 e. The summed E-state index contributed by atoms with van der Waals surface area (Å²) < 4.78 is 5.97. The first-order chi connectivity index (χ1) is 12.1. The molecule has 0 fully saturated rings. The molecule has 25 heavy (non-hydrogen) atoms. The average Bonchev–Trinajstić information content (AvgIpc) is 2.62. The zero-order valence-corrected chi connectivity index (χ0v) is 15.5. The molecule has 3 nitrogen and oxygen atoms in total. The number of benzene rings is 2. The van der Waals surface area contributed by atoms with Crippen molar-refractivity contribution in [3.63, 3.8) is 0 Å². The van der Waals surface area contributed by atoms with Gasteiger partial charge in [0.1, 0.15) is 5.75 Å². The molecule has 4 heteroatoms. The highest BCUT2D eigenvalue weighted by atomic mass is 35.5. The molecule has 1 N–H and O–H groups in total. The standard InChI is InChI=1S/C21H24ClNO2/c1-3-20(21(24)23-17-10-8-14(2)19(22)13-17)25-18-11-9-15-6-4-5-7-16(15)12-18/h8-13,20H,3-7H2,1-2H3,(H,23,24)/t20-/m0/s1. The number of amides is 1. The first-order valence-electron chi connectivity index (χ1n) is 8.92. The molecule has 0 saturated carbocycles. The second-order valence-corrected chi connectivity index (χ2v) is 7.01. The van der Waals surface area contributed by atoms with Crippen LogP contribution in [0.25, 0.3) is 0 Å². The lowest BCUT2D eigenvalue weighted by molar-refractivity contribution is -0.122. The van der Waals surface area contributed by atoms with Crippen LogP contribution in [-0.4, -0.2) is 12.0 Å². The molecule has 0 aliphatic heterocycles. The van der Waals surface area contributed by atoms with Gasteiger partial charge >= 0.3 is 0 Å². The van der Waals surface area contributed by atoms with Gasteiger partial charge in [0, 0.05) is 10.7 Å². The summed E-state index contributed by atoms with van der Waals surface area (Å²) in [5, 5.41) is 3.54. The molecule has 0 heterocycles. The lowest BCUT2D eigenvalue weighted by Crippen LogP contribution is -2.32. The normalized spacial score (nSPS) is 14.5. The summed E-state index contributed by atoms with van der Waals surface area (Å²) in [7, 11) is 0. The zero-order valence-electron chi connectivity index (χ0n) is 14.8. The van der Waals surface area contributed by atoms with E-state index in [9.17, 15) is 4.79 Å². The number of nitrogens with one attached hydrogen (secondary N) is 1. The number of carbonyl (C=O) groups is 1. The van der Waals surface area contributed by atoms with Crippen LogP contribution >= 0.6 is 11.6 Å². The van der Waals surface area contributed by atoms with Crippen molar-refractivity contribution in [3.8, 4) is 5.75 Å². The summed E-state index contributed by atoms with van der Waals surface area (Å²) in [6.45, 7) is 3.88. The SMILES string of the molecule is CC[C@H](Oc1ccc2c(c1)CCCC2)C(=O)Nc1ccc(C)c(Cl)c1. The highest BCUT2D eigenvalue weighted by molar-refractivity contribution is 6.31. The Morgan fingerprint density at radius 3 is 2.64 bits per heavy atom. The third-order valence-corrected chi connectivity index (χ3v) is 5.11. The van der Waals surface area contributed by atoms with Crippen LogP contribution in [0.1, 0.15) is 42.9 Å².